The largest absolute Gasteiger partial charge is 0.481 e. The van der Waals surface area contributed by atoms with Crippen molar-refractivity contribution >= 4 is 23.5 Å². The zero-order valence-corrected chi connectivity index (χ0v) is 14.8. The van der Waals surface area contributed by atoms with Crippen LogP contribution in [0.2, 0.25) is 0 Å². The molecule has 0 saturated carbocycles. The molecule has 0 aromatic carbocycles. The van der Waals surface area contributed by atoms with Crippen LogP contribution in [-0.4, -0.2) is 40.5 Å². The minimum absolute atomic E-state index is 0.0974. The van der Waals surface area contributed by atoms with Gasteiger partial charge in [-0.05, 0) is 32.3 Å². The summed E-state index contributed by atoms with van der Waals surface area (Å²) >= 11 is 1.13. The smallest absolute Gasteiger partial charge is 0.313 e. The van der Waals surface area contributed by atoms with E-state index < -0.39 is 5.97 Å². The molecule has 6 nitrogen and oxygen atoms in total. The second-order valence-corrected chi connectivity index (χ2v) is 7.75. The highest BCUT2D eigenvalue weighted by Crippen LogP contribution is 2.39. The number of rotatable bonds is 4. The Balaban J connectivity index is 2.11. The second kappa shape index (κ2) is 6.61. The van der Waals surface area contributed by atoms with Crippen molar-refractivity contribution in [2.45, 2.75) is 50.3 Å². The van der Waals surface area contributed by atoms with Gasteiger partial charge in [-0.15, -0.1) is 0 Å². The number of thioether (sulfide) groups is 1. The van der Waals surface area contributed by atoms with Crippen molar-refractivity contribution in [1.29, 1.82) is 5.26 Å². The van der Waals surface area contributed by atoms with Gasteiger partial charge in [-0.3, -0.25) is 4.79 Å². The minimum Gasteiger partial charge on any atom is -0.481 e. The molecule has 0 amide bonds. The summed E-state index contributed by atoms with van der Waals surface area (Å²) in [4.78, 5) is 17.9. The summed E-state index contributed by atoms with van der Waals surface area (Å²) in [5, 5.41) is 19.2. The van der Waals surface area contributed by atoms with E-state index in [9.17, 15) is 10.1 Å². The van der Waals surface area contributed by atoms with Crippen LogP contribution in [0.15, 0.2) is 5.03 Å². The molecule has 3 rings (SSSR count). The van der Waals surface area contributed by atoms with E-state index in [-0.39, 0.29) is 11.4 Å². The molecule has 1 saturated heterocycles. The van der Waals surface area contributed by atoms with Crippen molar-refractivity contribution in [2.24, 2.45) is 0 Å². The highest BCUT2D eigenvalue weighted by atomic mass is 32.2. The lowest BCUT2D eigenvalue weighted by molar-refractivity contribution is -0.133. The molecular weight excluding hydrogens is 326 g/mol. The summed E-state index contributed by atoms with van der Waals surface area (Å²) in [7, 11) is 0. The summed E-state index contributed by atoms with van der Waals surface area (Å²) in [6.45, 7) is 6.35. The third kappa shape index (κ3) is 3.35. The molecule has 0 bridgehead atoms. The zero-order chi connectivity index (χ0) is 17.3. The van der Waals surface area contributed by atoms with E-state index in [4.69, 9.17) is 9.84 Å². The zero-order valence-electron chi connectivity index (χ0n) is 14.0. The van der Waals surface area contributed by atoms with Gasteiger partial charge in [-0.25, -0.2) is 4.98 Å². The van der Waals surface area contributed by atoms with Crippen LogP contribution in [0.25, 0.3) is 0 Å². The lowest BCUT2D eigenvalue weighted by Crippen LogP contribution is -2.34. The van der Waals surface area contributed by atoms with E-state index in [0.29, 0.717) is 23.6 Å². The molecule has 128 valence electrons. The van der Waals surface area contributed by atoms with Crippen molar-refractivity contribution in [3.8, 4) is 6.07 Å². The Bertz CT molecular complexity index is 706. The first-order chi connectivity index (χ1) is 11.4. The molecule has 0 spiro atoms. The van der Waals surface area contributed by atoms with Crippen LogP contribution in [0, 0.1) is 11.3 Å². The van der Waals surface area contributed by atoms with Crippen molar-refractivity contribution in [2.75, 3.05) is 23.7 Å². The molecule has 0 aliphatic carbocycles. The van der Waals surface area contributed by atoms with E-state index in [1.807, 2.05) is 13.8 Å². The highest BCUT2D eigenvalue weighted by Gasteiger charge is 2.33. The SMILES string of the molecule is CC1(C)Cc2c(C#N)c(SCC(=O)O)nc(N3CCCC3)c2CO1. The monoisotopic (exact) mass is 347 g/mol. The number of carboxylic acid groups (broad SMARTS) is 1. The molecule has 2 aliphatic heterocycles. The van der Waals surface area contributed by atoms with E-state index >= 15 is 0 Å². The van der Waals surface area contributed by atoms with Gasteiger partial charge in [0.05, 0.1) is 23.5 Å². The number of hydrogen-bond donors (Lipinski definition) is 1. The predicted octanol–water partition coefficient (Wildman–Crippen LogP) is 2.58. The van der Waals surface area contributed by atoms with Gasteiger partial charge < -0.3 is 14.7 Å². The van der Waals surface area contributed by atoms with Gasteiger partial charge in [0.15, 0.2) is 0 Å². The van der Waals surface area contributed by atoms with Gasteiger partial charge in [0, 0.05) is 25.1 Å². The number of carboxylic acids is 1. The lowest BCUT2D eigenvalue weighted by Gasteiger charge is -2.35. The molecule has 0 radical (unpaired) electrons. The molecule has 1 fully saturated rings. The number of anilines is 1. The van der Waals surface area contributed by atoms with Crippen LogP contribution in [-0.2, 0) is 22.6 Å². The van der Waals surface area contributed by atoms with Crippen molar-refractivity contribution in [3.05, 3.63) is 16.7 Å². The number of aromatic nitrogens is 1. The highest BCUT2D eigenvalue weighted by molar-refractivity contribution is 7.99. The summed E-state index contributed by atoms with van der Waals surface area (Å²) in [6, 6.07) is 2.25. The third-order valence-electron chi connectivity index (χ3n) is 4.42. The lowest BCUT2D eigenvalue weighted by atomic mass is 9.89. The Labute approximate surface area is 145 Å². The van der Waals surface area contributed by atoms with E-state index in [1.54, 1.807) is 0 Å². The fourth-order valence-corrected chi connectivity index (χ4v) is 3.99. The van der Waals surface area contributed by atoms with Gasteiger partial charge in [0.1, 0.15) is 16.9 Å². The number of nitrogens with zero attached hydrogens (tertiary/aromatic N) is 3. The summed E-state index contributed by atoms with van der Waals surface area (Å²) in [5.74, 6) is -0.139. The normalized spacial score (nSPS) is 19.0. The van der Waals surface area contributed by atoms with E-state index in [0.717, 1.165) is 54.6 Å². The number of nitriles is 1. The van der Waals surface area contributed by atoms with E-state index in [1.165, 1.54) is 0 Å². The van der Waals surface area contributed by atoms with Gasteiger partial charge in [0.25, 0.3) is 0 Å². The molecule has 0 atom stereocenters. The molecule has 1 N–H and O–H groups in total. The molecule has 24 heavy (non-hydrogen) atoms. The third-order valence-corrected chi connectivity index (χ3v) is 5.38. The Morgan fingerprint density at radius 2 is 2.12 bits per heavy atom. The fraction of sp³-hybridized carbons (Fsp3) is 0.588. The Morgan fingerprint density at radius 1 is 1.42 bits per heavy atom. The summed E-state index contributed by atoms with van der Waals surface area (Å²) in [5.41, 5.74) is 2.14. The van der Waals surface area contributed by atoms with Crippen molar-refractivity contribution in [3.63, 3.8) is 0 Å². The Morgan fingerprint density at radius 3 is 2.75 bits per heavy atom. The maximum Gasteiger partial charge on any atom is 0.313 e. The predicted molar refractivity (Wildman–Crippen MR) is 91.3 cm³/mol. The number of hydrogen-bond acceptors (Lipinski definition) is 6. The summed E-state index contributed by atoms with van der Waals surface area (Å²) in [6.07, 6.45) is 2.88. The standard InChI is InChI=1S/C17H21N3O3S/c1-17(2)7-11-12(8-18)16(24-10-14(21)22)19-15(13(11)9-23-17)20-5-3-4-6-20/h3-7,9-10H2,1-2H3,(H,21,22). The molecular formula is C17H21N3O3S. The van der Waals surface area contributed by atoms with Crippen LogP contribution in [0.5, 0.6) is 0 Å². The quantitative estimate of drug-likeness (QED) is 0.838. The maximum absolute atomic E-state index is 10.9. The molecule has 0 unspecified atom stereocenters. The van der Waals surface area contributed by atoms with Crippen LogP contribution in [0.3, 0.4) is 0 Å². The summed E-state index contributed by atoms with van der Waals surface area (Å²) < 4.78 is 5.95. The fourth-order valence-electron chi connectivity index (χ4n) is 3.27. The minimum atomic E-state index is -0.908. The topological polar surface area (TPSA) is 86.5 Å². The van der Waals surface area contributed by atoms with Crippen molar-refractivity contribution < 1.29 is 14.6 Å². The van der Waals surface area contributed by atoms with Crippen LogP contribution in [0.1, 0.15) is 43.4 Å². The van der Waals surface area contributed by atoms with Gasteiger partial charge >= 0.3 is 5.97 Å². The second-order valence-electron chi connectivity index (χ2n) is 6.79. The molecule has 2 aliphatic rings. The first-order valence-corrected chi connectivity index (χ1v) is 9.09. The number of fused-ring (bicyclic) bond motifs is 1. The van der Waals surface area contributed by atoms with Crippen molar-refractivity contribution in [1.82, 2.24) is 4.98 Å². The number of pyridine rings is 1. The Hall–Kier alpha value is -1.78. The average Bonchev–Trinajstić information content (AvgIpc) is 3.04. The van der Waals surface area contributed by atoms with E-state index in [2.05, 4.69) is 16.0 Å². The Kier molecular flexibility index (Phi) is 4.70. The molecule has 3 heterocycles. The molecule has 7 heteroatoms. The average molecular weight is 347 g/mol. The van der Waals surface area contributed by atoms with Crippen LogP contribution < -0.4 is 4.90 Å². The molecule has 1 aromatic heterocycles. The molecule has 1 aromatic rings. The number of aliphatic carboxylic acids is 1. The van der Waals surface area contributed by atoms with Gasteiger partial charge in [-0.2, -0.15) is 5.26 Å². The first-order valence-electron chi connectivity index (χ1n) is 8.10. The van der Waals surface area contributed by atoms with Crippen LogP contribution in [0.4, 0.5) is 5.82 Å². The number of ether oxygens (including phenoxy) is 1. The number of carbonyl (C=O) groups is 1. The first kappa shape index (κ1) is 17.1. The van der Waals surface area contributed by atoms with Crippen LogP contribution >= 0.6 is 11.8 Å². The van der Waals surface area contributed by atoms with Gasteiger partial charge in [-0.1, -0.05) is 11.8 Å². The maximum atomic E-state index is 10.9. The van der Waals surface area contributed by atoms with Gasteiger partial charge in [0.2, 0.25) is 0 Å².